The standard InChI is InChI=1S/C15H12F3N3O3S2/c16-15(17,18)9-3-1-2-4-10(9)21-11-7-26(23,24)8-12(11)25-14(21)20-13(22)5-6-19/h1-4,11-12H,5,7-8H2/t11-,12+/m1/s1. The largest absolute Gasteiger partial charge is 0.418 e. The van der Waals surface area contributed by atoms with Crippen molar-refractivity contribution in [2.75, 3.05) is 16.4 Å². The number of benzene rings is 1. The van der Waals surface area contributed by atoms with Crippen molar-refractivity contribution in [3.63, 3.8) is 0 Å². The fourth-order valence-electron chi connectivity index (χ4n) is 2.98. The van der Waals surface area contributed by atoms with Gasteiger partial charge in [-0.25, -0.2) is 8.42 Å². The van der Waals surface area contributed by atoms with Gasteiger partial charge in [0.05, 0.1) is 34.9 Å². The van der Waals surface area contributed by atoms with Crippen LogP contribution in [0.25, 0.3) is 0 Å². The van der Waals surface area contributed by atoms with E-state index in [-0.39, 0.29) is 22.4 Å². The van der Waals surface area contributed by atoms with Crippen molar-refractivity contribution < 1.29 is 26.4 Å². The summed E-state index contributed by atoms with van der Waals surface area (Å²) in [6, 6.07) is 5.64. The minimum Gasteiger partial charge on any atom is -0.315 e. The highest BCUT2D eigenvalue weighted by Gasteiger charge is 2.51. The van der Waals surface area contributed by atoms with Crippen LogP contribution in [0.5, 0.6) is 0 Å². The third-order valence-electron chi connectivity index (χ3n) is 3.99. The zero-order valence-electron chi connectivity index (χ0n) is 13.1. The van der Waals surface area contributed by atoms with Crippen LogP contribution < -0.4 is 4.90 Å². The van der Waals surface area contributed by atoms with Crippen LogP contribution in [0.3, 0.4) is 0 Å². The number of nitrogens with zero attached hydrogens (tertiary/aromatic N) is 3. The lowest BCUT2D eigenvalue weighted by Gasteiger charge is -2.27. The summed E-state index contributed by atoms with van der Waals surface area (Å²) < 4.78 is 64.1. The number of alkyl halides is 3. The normalized spacial score (nSPS) is 25.9. The zero-order valence-corrected chi connectivity index (χ0v) is 14.7. The average molecular weight is 403 g/mol. The molecule has 1 aromatic carbocycles. The molecule has 0 aliphatic carbocycles. The van der Waals surface area contributed by atoms with E-state index in [1.165, 1.54) is 23.1 Å². The molecule has 138 valence electrons. The molecule has 2 fully saturated rings. The van der Waals surface area contributed by atoms with E-state index in [4.69, 9.17) is 5.26 Å². The predicted molar refractivity (Wildman–Crippen MR) is 90.4 cm³/mol. The number of halogens is 3. The molecule has 1 aromatic rings. The summed E-state index contributed by atoms with van der Waals surface area (Å²) in [6.45, 7) is 0. The molecule has 2 atom stereocenters. The Balaban J connectivity index is 2.11. The van der Waals surface area contributed by atoms with Crippen LogP contribution in [0.4, 0.5) is 18.9 Å². The number of nitriles is 1. The van der Waals surface area contributed by atoms with E-state index < -0.39 is 45.2 Å². The summed E-state index contributed by atoms with van der Waals surface area (Å²) in [5.41, 5.74) is -1.19. The second-order valence-corrected chi connectivity index (χ2v) is 9.17. The Kier molecular flexibility index (Phi) is 4.74. The van der Waals surface area contributed by atoms with Gasteiger partial charge in [0, 0.05) is 5.25 Å². The quantitative estimate of drug-likeness (QED) is 0.752. The topological polar surface area (TPSA) is 90.6 Å². The highest BCUT2D eigenvalue weighted by molar-refractivity contribution is 8.16. The van der Waals surface area contributed by atoms with Gasteiger partial charge >= 0.3 is 6.18 Å². The van der Waals surface area contributed by atoms with Gasteiger partial charge in [0.1, 0.15) is 6.42 Å². The molecule has 0 spiro atoms. The van der Waals surface area contributed by atoms with Gasteiger partial charge in [-0.05, 0) is 12.1 Å². The van der Waals surface area contributed by atoms with Gasteiger partial charge in [0.15, 0.2) is 15.0 Å². The number of hydrogen-bond acceptors (Lipinski definition) is 5. The number of thioether (sulfide) groups is 1. The van der Waals surface area contributed by atoms with Crippen LogP contribution in [0.15, 0.2) is 29.3 Å². The number of rotatable bonds is 2. The van der Waals surface area contributed by atoms with Gasteiger partial charge in [-0.3, -0.25) is 4.79 Å². The fourth-order valence-corrected chi connectivity index (χ4v) is 6.91. The third kappa shape index (κ3) is 3.57. The first kappa shape index (κ1) is 18.7. The monoisotopic (exact) mass is 403 g/mol. The number of amidine groups is 1. The Labute approximate surface area is 151 Å². The number of carbonyl (C=O) groups is 1. The number of hydrogen-bond donors (Lipinski definition) is 0. The summed E-state index contributed by atoms with van der Waals surface area (Å²) in [7, 11) is -3.39. The van der Waals surface area contributed by atoms with Gasteiger partial charge < -0.3 is 4.90 Å². The minimum absolute atomic E-state index is 0.00755. The van der Waals surface area contributed by atoms with Gasteiger partial charge in [0.2, 0.25) is 0 Å². The summed E-state index contributed by atoms with van der Waals surface area (Å²) in [5.74, 6) is -1.30. The van der Waals surface area contributed by atoms with Crippen LogP contribution in [0.2, 0.25) is 0 Å². The first-order valence-corrected chi connectivity index (χ1v) is 10.1. The highest BCUT2D eigenvalue weighted by Crippen LogP contribution is 2.45. The Morgan fingerprint density at radius 2 is 2.04 bits per heavy atom. The SMILES string of the molecule is N#CCC(=O)N=C1S[C@H]2CS(=O)(=O)C[C@H]2N1c1ccccc1C(F)(F)F. The highest BCUT2D eigenvalue weighted by atomic mass is 32.2. The number of amides is 1. The van der Waals surface area contributed by atoms with Gasteiger partial charge in [-0.15, -0.1) is 0 Å². The molecule has 0 saturated carbocycles. The van der Waals surface area contributed by atoms with Gasteiger partial charge in [-0.2, -0.15) is 23.4 Å². The van der Waals surface area contributed by atoms with Crippen LogP contribution >= 0.6 is 11.8 Å². The first-order chi connectivity index (χ1) is 12.1. The number of carbonyl (C=O) groups excluding carboxylic acids is 1. The van der Waals surface area contributed by atoms with Crippen molar-refractivity contribution in [3.8, 4) is 6.07 Å². The maximum atomic E-state index is 13.4. The Morgan fingerprint density at radius 1 is 1.35 bits per heavy atom. The van der Waals surface area contributed by atoms with Gasteiger partial charge in [-0.1, -0.05) is 23.9 Å². The minimum atomic E-state index is -4.65. The Bertz CT molecular complexity index is 922. The summed E-state index contributed by atoms with van der Waals surface area (Å²) in [4.78, 5) is 16.7. The van der Waals surface area contributed by atoms with E-state index in [0.29, 0.717) is 0 Å². The number of para-hydroxylation sites is 1. The lowest BCUT2D eigenvalue weighted by atomic mass is 10.1. The van der Waals surface area contributed by atoms with E-state index in [2.05, 4.69) is 4.99 Å². The molecule has 0 radical (unpaired) electrons. The van der Waals surface area contributed by atoms with E-state index in [9.17, 15) is 26.4 Å². The molecule has 2 heterocycles. The van der Waals surface area contributed by atoms with E-state index >= 15 is 0 Å². The molecular weight excluding hydrogens is 391 g/mol. The van der Waals surface area contributed by atoms with Crippen LogP contribution in [0, 0.1) is 11.3 Å². The van der Waals surface area contributed by atoms with Crippen LogP contribution in [-0.2, 0) is 20.8 Å². The molecule has 1 amide bonds. The van der Waals surface area contributed by atoms with Crippen molar-refractivity contribution in [2.24, 2.45) is 4.99 Å². The average Bonchev–Trinajstić information content (AvgIpc) is 2.97. The first-order valence-electron chi connectivity index (χ1n) is 7.43. The molecule has 0 N–H and O–H groups in total. The molecule has 26 heavy (non-hydrogen) atoms. The maximum absolute atomic E-state index is 13.4. The Morgan fingerprint density at radius 3 is 2.69 bits per heavy atom. The lowest BCUT2D eigenvalue weighted by Crippen LogP contribution is -2.39. The molecule has 2 aliphatic rings. The van der Waals surface area contributed by atoms with Gasteiger partial charge in [0.25, 0.3) is 5.91 Å². The summed E-state index contributed by atoms with van der Waals surface area (Å²) >= 11 is 0.959. The zero-order chi connectivity index (χ0) is 19.1. The number of anilines is 1. The van der Waals surface area contributed by atoms with Crippen LogP contribution in [0.1, 0.15) is 12.0 Å². The van der Waals surface area contributed by atoms with E-state index in [0.717, 1.165) is 17.8 Å². The number of fused-ring (bicyclic) bond motifs is 1. The molecule has 0 aromatic heterocycles. The molecule has 3 rings (SSSR count). The fraction of sp³-hybridized carbons (Fsp3) is 0.400. The smallest absolute Gasteiger partial charge is 0.315 e. The van der Waals surface area contributed by atoms with Crippen molar-refractivity contribution in [2.45, 2.75) is 23.9 Å². The summed E-state index contributed by atoms with van der Waals surface area (Å²) in [5, 5.41) is 8.06. The van der Waals surface area contributed by atoms with Crippen molar-refractivity contribution in [1.82, 2.24) is 0 Å². The third-order valence-corrected chi connectivity index (χ3v) is 7.20. The predicted octanol–water partition coefficient (Wildman–Crippen LogP) is 2.22. The molecule has 2 saturated heterocycles. The van der Waals surface area contributed by atoms with E-state index in [1.54, 1.807) is 6.07 Å². The summed E-state index contributed by atoms with van der Waals surface area (Å²) in [6.07, 6.45) is -5.16. The number of sulfone groups is 1. The maximum Gasteiger partial charge on any atom is 0.418 e. The number of aliphatic imine (C=N–C) groups is 1. The van der Waals surface area contributed by atoms with Crippen molar-refractivity contribution in [3.05, 3.63) is 29.8 Å². The molecule has 2 aliphatic heterocycles. The van der Waals surface area contributed by atoms with Crippen molar-refractivity contribution in [1.29, 1.82) is 5.26 Å². The second-order valence-electron chi connectivity index (χ2n) is 5.81. The van der Waals surface area contributed by atoms with Crippen LogP contribution in [-0.4, -0.2) is 42.3 Å². The second kappa shape index (κ2) is 6.59. The molecule has 11 heteroatoms. The Hall–Kier alpha value is -2.06. The lowest BCUT2D eigenvalue weighted by molar-refractivity contribution is -0.137. The molecule has 0 bridgehead atoms. The molecule has 0 unspecified atom stereocenters. The van der Waals surface area contributed by atoms with E-state index in [1.807, 2.05) is 0 Å². The molecular formula is C15H12F3N3O3S2. The molecule has 6 nitrogen and oxygen atoms in total. The van der Waals surface area contributed by atoms with Crippen molar-refractivity contribution >= 4 is 38.4 Å².